The molecule has 3 N–H and O–H groups in total. The Hall–Kier alpha value is -2.47. The van der Waals surface area contributed by atoms with E-state index in [1.54, 1.807) is 6.07 Å². The van der Waals surface area contributed by atoms with E-state index in [4.69, 9.17) is 4.74 Å². The first-order chi connectivity index (χ1) is 14.1. The molecule has 5 nitrogen and oxygen atoms in total. The smallest absolute Gasteiger partial charge is 0.172 e. The Kier molecular flexibility index (Phi) is 5.09. The molecule has 2 aromatic rings. The predicted molar refractivity (Wildman–Crippen MR) is 123 cm³/mol. The molecule has 2 aromatic carbocycles. The number of fused-ring (bicyclic) bond motifs is 1. The largest absolute Gasteiger partial charge is 0.503 e. The lowest BCUT2D eigenvalue weighted by molar-refractivity contribution is -0.118. The molecule has 1 atom stereocenters. The van der Waals surface area contributed by atoms with Gasteiger partial charge in [-0.1, -0.05) is 13.8 Å². The van der Waals surface area contributed by atoms with Gasteiger partial charge in [-0.15, -0.1) is 0 Å². The summed E-state index contributed by atoms with van der Waals surface area (Å²) in [4.78, 5) is 13.3. The van der Waals surface area contributed by atoms with Crippen LogP contribution in [-0.4, -0.2) is 18.0 Å². The first kappa shape index (κ1) is 20.8. The number of hydrogen-bond acceptors (Lipinski definition) is 5. The number of aryl methyl sites for hydroxylation is 2. The highest BCUT2D eigenvalue weighted by Crippen LogP contribution is 2.47. The van der Waals surface area contributed by atoms with Crippen molar-refractivity contribution in [3.8, 4) is 11.5 Å². The molecule has 0 saturated heterocycles. The minimum absolute atomic E-state index is 0.0465. The van der Waals surface area contributed by atoms with Gasteiger partial charge in [0, 0.05) is 17.7 Å². The van der Waals surface area contributed by atoms with Crippen LogP contribution in [0.25, 0.3) is 0 Å². The number of phenols is 1. The summed E-state index contributed by atoms with van der Waals surface area (Å²) in [5, 5.41) is 17.4. The molecule has 0 amide bonds. The fourth-order valence-corrected chi connectivity index (χ4v) is 4.84. The van der Waals surface area contributed by atoms with E-state index in [2.05, 4.69) is 66.4 Å². The van der Waals surface area contributed by atoms with Crippen LogP contribution in [0.3, 0.4) is 0 Å². The monoisotopic (exact) mass is 470 g/mol. The van der Waals surface area contributed by atoms with Crippen molar-refractivity contribution in [3.63, 3.8) is 0 Å². The van der Waals surface area contributed by atoms with Gasteiger partial charge in [0.15, 0.2) is 17.3 Å². The highest BCUT2D eigenvalue weighted by atomic mass is 79.9. The van der Waals surface area contributed by atoms with Crippen molar-refractivity contribution < 1.29 is 14.6 Å². The van der Waals surface area contributed by atoms with Crippen molar-refractivity contribution in [1.82, 2.24) is 0 Å². The molecule has 1 heterocycles. The number of carbonyl (C=O) groups excluding carboxylic acids is 1. The molecule has 0 unspecified atom stereocenters. The molecule has 1 aliphatic heterocycles. The zero-order valence-electron chi connectivity index (χ0n) is 17.9. The quantitative estimate of drug-likeness (QED) is 0.501. The minimum atomic E-state index is -0.356. The van der Waals surface area contributed by atoms with E-state index in [-0.39, 0.29) is 23.0 Å². The number of phenolic OH excluding ortho intramolecular Hbond substituents is 1. The van der Waals surface area contributed by atoms with E-state index in [1.165, 1.54) is 18.2 Å². The second kappa shape index (κ2) is 7.34. The summed E-state index contributed by atoms with van der Waals surface area (Å²) in [7, 11) is 1.52. The standard InChI is InChI=1S/C24H27BrN2O3/c1-12-6-16-17(7-13(12)2)27-22(14-8-15(25)23(29)20(9-14)30-5)21-18(26-16)10-24(3,4)11-19(21)28/h6-9,22,26-27,29H,10-11H2,1-5H3/t22-/m0/s1. The Morgan fingerprint density at radius 2 is 1.77 bits per heavy atom. The van der Waals surface area contributed by atoms with Gasteiger partial charge in [0.1, 0.15) is 0 Å². The molecule has 6 heteroatoms. The van der Waals surface area contributed by atoms with Crippen molar-refractivity contribution in [2.45, 2.75) is 46.6 Å². The molecule has 0 bridgehead atoms. The highest BCUT2D eigenvalue weighted by Gasteiger charge is 2.39. The fraction of sp³-hybridized carbons (Fsp3) is 0.375. The van der Waals surface area contributed by atoms with E-state index in [0.717, 1.165) is 34.6 Å². The molecule has 30 heavy (non-hydrogen) atoms. The average Bonchev–Trinajstić information content (AvgIpc) is 2.80. The van der Waals surface area contributed by atoms with Gasteiger partial charge in [-0.2, -0.15) is 0 Å². The van der Waals surface area contributed by atoms with Gasteiger partial charge in [-0.3, -0.25) is 4.79 Å². The maximum absolute atomic E-state index is 13.3. The van der Waals surface area contributed by atoms with Crippen LogP contribution in [0, 0.1) is 19.3 Å². The van der Waals surface area contributed by atoms with Crippen molar-refractivity contribution in [1.29, 1.82) is 0 Å². The number of ether oxygens (including phenoxy) is 1. The summed E-state index contributed by atoms with van der Waals surface area (Å²) in [6.07, 6.45) is 1.28. The summed E-state index contributed by atoms with van der Waals surface area (Å²) in [6.45, 7) is 8.43. The first-order valence-corrected chi connectivity index (χ1v) is 10.9. The summed E-state index contributed by atoms with van der Waals surface area (Å²) in [5.41, 5.74) is 6.75. The second-order valence-corrected chi connectivity index (χ2v) is 9.93. The van der Waals surface area contributed by atoms with Gasteiger partial charge in [-0.05, 0) is 82.6 Å². The molecule has 0 saturated carbocycles. The summed E-state index contributed by atoms with van der Waals surface area (Å²) in [5.74, 6) is 0.547. The lowest BCUT2D eigenvalue weighted by Gasteiger charge is -2.34. The number of benzene rings is 2. The van der Waals surface area contributed by atoms with Gasteiger partial charge in [0.25, 0.3) is 0 Å². The normalized spacial score (nSPS) is 19.9. The molecule has 0 fully saturated rings. The number of allylic oxidation sites excluding steroid dienone is 1. The molecule has 1 aliphatic carbocycles. The molecule has 4 rings (SSSR count). The van der Waals surface area contributed by atoms with Crippen molar-refractivity contribution in [3.05, 3.63) is 56.7 Å². The van der Waals surface area contributed by atoms with Gasteiger partial charge >= 0.3 is 0 Å². The number of Topliss-reactive ketones (excluding diaryl/α,β-unsaturated/α-hetero) is 1. The molecule has 158 valence electrons. The third-order valence-corrected chi connectivity index (χ3v) is 6.64. The number of anilines is 2. The maximum Gasteiger partial charge on any atom is 0.172 e. The number of ketones is 1. The summed E-state index contributed by atoms with van der Waals surface area (Å²) < 4.78 is 5.89. The Morgan fingerprint density at radius 1 is 1.10 bits per heavy atom. The van der Waals surface area contributed by atoms with Crippen molar-refractivity contribution in [2.24, 2.45) is 5.41 Å². The zero-order valence-corrected chi connectivity index (χ0v) is 19.5. The van der Waals surface area contributed by atoms with Crippen LogP contribution in [0.1, 0.15) is 49.4 Å². The average molecular weight is 471 g/mol. The van der Waals surface area contributed by atoms with Crippen molar-refractivity contribution in [2.75, 3.05) is 17.7 Å². The van der Waals surface area contributed by atoms with Crippen LogP contribution in [0.2, 0.25) is 0 Å². The maximum atomic E-state index is 13.3. The first-order valence-electron chi connectivity index (χ1n) is 10.1. The van der Waals surface area contributed by atoms with Crippen LogP contribution >= 0.6 is 15.9 Å². The summed E-state index contributed by atoms with van der Waals surface area (Å²) >= 11 is 3.42. The SMILES string of the molecule is COc1cc([C@@H]2Nc3cc(C)c(C)cc3NC3=C2C(=O)CC(C)(C)C3)cc(Br)c1O. The third kappa shape index (κ3) is 3.58. The van der Waals surface area contributed by atoms with E-state index >= 15 is 0 Å². The fourth-order valence-electron chi connectivity index (χ4n) is 4.38. The number of halogens is 1. The lowest BCUT2D eigenvalue weighted by atomic mass is 9.73. The lowest BCUT2D eigenvalue weighted by Crippen LogP contribution is -2.31. The van der Waals surface area contributed by atoms with Gasteiger partial charge in [0.2, 0.25) is 0 Å². The van der Waals surface area contributed by atoms with Crippen LogP contribution < -0.4 is 15.4 Å². The minimum Gasteiger partial charge on any atom is -0.503 e. The van der Waals surface area contributed by atoms with E-state index < -0.39 is 0 Å². The predicted octanol–water partition coefficient (Wildman–Crippen LogP) is 6.00. The molecule has 0 spiro atoms. The molecular weight excluding hydrogens is 444 g/mol. The molecule has 0 radical (unpaired) electrons. The highest BCUT2D eigenvalue weighted by molar-refractivity contribution is 9.10. The Balaban J connectivity index is 1.94. The Labute approximate surface area is 185 Å². The van der Waals surface area contributed by atoms with Gasteiger partial charge in [0.05, 0.1) is 29.0 Å². The van der Waals surface area contributed by atoms with E-state index in [0.29, 0.717) is 16.6 Å². The third-order valence-electron chi connectivity index (χ3n) is 6.03. The topological polar surface area (TPSA) is 70.6 Å². The molecule has 2 aliphatic rings. The van der Waals surface area contributed by atoms with Gasteiger partial charge < -0.3 is 20.5 Å². The number of aromatic hydroxyl groups is 1. The molecule has 0 aromatic heterocycles. The number of methoxy groups -OCH3 is 1. The van der Waals surface area contributed by atoms with Crippen LogP contribution in [0.5, 0.6) is 11.5 Å². The number of carbonyl (C=O) groups is 1. The zero-order chi connectivity index (χ0) is 21.8. The van der Waals surface area contributed by atoms with E-state index in [9.17, 15) is 9.90 Å². The van der Waals surface area contributed by atoms with Crippen LogP contribution in [0.15, 0.2) is 40.0 Å². The van der Waals surface area contributed by atoms with E-state index in [1.807, 2.05) is 6.07 Å². The Morgan fingerprint density at radius 3 is 2.43 bits per heavy atom. The molecular formula is C24H27BrN2O3. The number of rotatable bonds is 2. The second-order valence-electron chi connectivity index (χ2n) is 9.07. The van der Waals surface area contributed by atoms with Crippen LogP contribution in [0.4, 0.5) is 11.4 Å². The van der Waals surface area contributed by atoms with Crippen molar-refractivity contribution >= 4 is 33.1 Å². The number of nitrogens with one attached hydrogen (secondary N) is 2. The summed E-state index contributed by atoms with van der Waals surface area (Å²) in [6, 6.07) is 7.53. The van der Waals surface area contributed by atoms with Crippen LogP contribution in [-0.2, 0) is 4.79 Å². The van der Waals surface area contributed by atoms with Gasteiger partial charge in [-0.25, -0.2) is 0 Å². The Bertz CT molecular complexity index is 1090. The number of hydrogen-bond donors (Lipinski definition) is 3.